The number of carbonyl (C=O) groups excluding carboxylic acids is 1. The number of benzene rings is 1. The van der Waals surface area contributed by atoms with Crippen molar-refractivity contribution >= 4 is 17.2 Å². The fraction of sp³-hybridized carbons (Fsp3) is 0.381. The molecule has 0 radical (unpaired) electrons. The van der Waals surface area contributed by atoms with Crippen LogP contribution in [-0.2, 0) is 24.2 Å². The lowest BCUT2D eigenvalue weighted by Crippen LogP contribution is -2.25. The molecule has 0 fully saturated rings. The summed E-state index contributed by atoms with van der Waals surface area (Å²) in [6.07, 6.45) is 2.42. The van der Waals surface area contributed by atoms with Crippen molar-refractivity contribution in [2.24, 2.45) is 0 Å². The Bertz CT molecular complexity index is 927. The van der Waals surface area contributed by atoms with Gasteiger partial charge in [-0.2, -0.15) is 5.10 Å². The number of rotatable bonds is 7. The lowest BCUT2D eigenvalue weighted by molar-refractivity contribution is -0.120. The molecule has 1 N–H and O–H groups in total. The number of amides is 1. The van der Waals surface area contributed by atoms with E-state index in [2.05, 4.69) is 22.3 Å². The number of aromatic nitrogens is 3. The molecule has 0 unspecified atom stereocenters. The fourth-order valence-electron chi connectivity index (χ4n) is 3.13. The minimum Gasteiger partial charge on any atom is -0.351 e. The van der Waals surface area contributed by atoms with Gasteiger partial charge >= 0.3 is 0 Å². The minimum atomic E-state index is 0.0126. The van der Waals surface area contributed by atoms with Crippen LogP contribution in [0.3, 0.4) is 0 Å². The molecule has 2 heterocycles. The largest absolute Gasteiger partial charge is 0.351 e. The van der Waals surface area contributed by atoms with Crippen molar-refractivity contribution < 1.29 is 4.79 Å². The van der Waals surface area contributed by atoms with E-state index in [9.17, 15) is 4.79 Å². The standard InChI is InChI=1S/C21H26N4OS/c1-5-9-21-23-15(3)19(27-21)13-22-20(26)12-18-14(2)24-25(16(18)4)17-10-7-6-8-11-17/h6-8,10-11H,5,9,12-13H2,1-4H3,(H,22,26). The van der Waals surface area contributed by atoms with E-state index in [4.69, 9.17) is 0 Å². The Balaban J connectivity index is 1.67. The Morgan fingerprint density at radius 1 is 1.15 bits per heavy atom. The molecule has 3 aromatic rings. The van der Waals surface area contributed by atoms with Crippen molar-refractivity contribution in [2.75, 3.05) is 0 Å². The first-order chi connectivity index (χ1) is 13.0. The highest BCUT2D eigenvalue weighted by Crippen LogP contribution is 2.20. The summed E-state index contributed by atoms with van der Waals surface area (Å²) in [6.45, 7) is 8.67. The van der Waals surface area contributed by atoms with E-state index in [0.29, 0.717) is 13.0 Å². The van der Waals surface area contributed by atoms with Crippen LogP contribution in [0.25, 0.3) is 5.69 Å². The number of thiazole rings is 1. The molecular weight excluding hydrogens is 356 g/mol. The highest BCUT2D eigenvalue weighted by molar-refractivity contribution is 7.11. The number of hydrogen-bond acceptors (Lipinski definition) is 4. The van der Waals surface area contributed by atoms with Crippen LogP contribution in [-0.4, -0.2) is 20.7 Å². The maximum Gasteiger partial charge on any atom is 0.224 e. The fourth-order valence-corrected chi connectivity index (χ4v) is 4.24. The molecule has 1 amide bonds. The third-order valence-corrected chi connectivity index (χ3v) is 5.84. The summed E-state index contributed by atoms with van der Waals surface area (Å²) in [4.78, 5) is 18.2. The monoisotopic (exact) mass is 382 g/mol. The van der Waals surface area contributed by atoms with E-state index >= 15 is 0 Å². The number of nitrogens with zero attached hydrogens (tertiary/aromatic N) is 3. The molecule has 0 spiro atoms. The number of aryl methyl sites for hydroxylation is 3. The molecule has 0 saturated heterocycles. The van der Waals surface area contributed by atoms with Gasteiger partial charge in [0.15, 0.2) is 0 Å². The van der Waals surface area contributed by atoms with Crippen molar-refractivity contribution in [3.05, 3.63) is 62.9 Å². The molecule has 27 heavy (non-hydrogen) atoms. The Hall–Kier alpha value is -2.47. The zero-order valence-corrected chi connectivity index (χ0v) is 17.2. The molecule has 0 aliphatic heterocycles. The molecule has 0 atom stereocenters. The Labute approximate surface area is 164 Å². The van der Waals surface area contributed by atoms with Gasteiger partial charge in [0, 0.05) is 16.1 Å². The normalized spacial score (nSPS) is 11.0. The number of hydrogen-bond donors (Lipinski definition) is 1. The van der Waals surface area contributed by atoms with E-state index in [1.165, 1.54) is 0 Å². The van der Waals surface area contributed by atoms with Crippen molar-refractivity contribution in [3.8, 4) is 5.69 Å². The van der Waals surface area contributed by atoms with Crippen LogP contribution < -0.4 is 5.32 Å². The van der Waals surface area contributed by atoms with E-state index in [-0.39, 0.29) is 5.91 Å². The van der Waals surface area contributed by atoms with Crippen LogP contribution >= 0.6 is 11.3 Å². The van der Waals surface area contributed by atoms with Gasteiger partial charge in [0.1, 0.15) is 0 Å². The van der Waals surface area contributed by atoms with Gasteiger partial charge in [-0.3, -0.25) is 4.79 Å². The third kappa shape index (κ3) is 4.45. The van der Waals surface area contributed by atoms with Gasteiger partial charge in [-0.1, -0.05) is 25.1 Å². The van der Waals surface area contributed by atoms with Crippen LogP contribution in [0.15, 0.2) is 30.3 Å². The second-order valence-corrected chi connectivity index (χ2v) is 7.88. The van der Waals surface area contributed by atoms with E-state index in [1.807, 2.05) is 55.8 Å². The predicted octanol–water partition coefficient (Wildman–Crippen LogP) is 4.07. The zero-order valence-electron chi connectivity index (χ0n) is 16.4. The van der Waals surface area contributed by atoms with Crippen molar-refractivity contribution in [1.82, 2.24) is 20.1 Å². The number of para-hydroxylation sites is 1. The summed E-state index contributed by atoms with van der Waals surface area (Å²) in [6, 6.07) is 10.00. The highest BCUT2D eigenvalue weighted by Gasteiger charge is 2.16. The quantitative estimate of drug-likeness (QED) is 0.670. The summed E-state index contributed by atoms with van der Waals surface area (Å²) >= 11 is 1.70. The summed E-state index contributed by atoms with van der Waals surface area (Å²) < 4.78 is 1.91. The minimum absolute atomic E-state index is 0.0126. The SMILES string of the molecule is CCCc1nc(C)c(CNC(=O)Cc2c(C)nn(-c3ccccc3)c2C)s1. The Morgan fingerprint density at radius 2 is 1.89 bits per heavy atom. The molecule has 5 nitrogen and oxygen atoms in total. The van der Waals surface area contributed by atoms with E-state index in [1.54, 1.807) is 11.3 Å². The second kappa shape index (κ2) is 8.48. The smallest absolute Gasteiger partial charge is 0.224 e. The van der Waals surface area contributed by atoms with E-state index < -0.39 is 0 Å². The molecule has 2 aromatic heterocycles. The van der Waals surface area contributed by atoms with Gasteiger partial charge in [0.2, 0.25) is 5.91 Å². The van der Waals surface area contributed by atoms with Crippen LogP contribution in [0.5, 0.6) is 0 Å². The van der Waals surface area contributed by atoms with Crippen LogP contribution in [0, 0.1) is 20.8 Å². The molecule has 0 aliphatic carbocycles. The Morgan fingerprint density at radius 3 is 2.59 bits per heavy atom. The molecular formula is C21H26N4OS. The van der Waals surface area contributed by atoms with Crippen molar-refractivity contribution in [3.63, 3.8) is 0 Å². The van der Waals surface area contributed by atoms with Crippen molar-refractivity contribution in [1.29, 1.82) is 0 Å². The number of carbonyl (C=O) groups is 1. The van der Waals surface area contributed by atoms with Gasteiger partial charge in [-0.05, 0) is 45.7 Å². The van der Waals surface area contributed by atoms with Crippen LogP contribution in [0.1, 0.15) is 45.9 Å². The Kier molecular flexibility index (Phi) is 6.06. The van der Waals surface area contributed by atoms with Gasteiger partial charge in [0.05, 0.1) is 35.0 Å². The first-order valence-electron chi connectivity index (χ1n) is 9.32. The average molecular weight is 383 g/mol. The number of nitrogens with one attached hydrogen (secondary N) is 1. The van der Waals surface area contributed by atoms with E-state index in [0.717, 1.165) is 51.1 Å². The maximum absolute atomic E-state index is 12.5. The second-order valence-electron chi connectivity index (χ2n) is 6.72. The third-order valence-electron chi connectivity index (χ3n) is 4.63. The molecule has 142 valence electrons. The summed E-state index contributed by atoms with van der Waals surface area (Å²) in [5, 5.41) is 8.81. The van der Waals surface area contributed by atoms with Gasteiger partial charge < -0.3 is 5.32 Å². The summed E-state index contributed by atoms with van der Waals surface area (Å²) in [5.74, 6) is 0.0126. The average Bonchev–Trinajstić information content (AvgIpc) is 3.15. The van der Waals surface area contributed by atoms with Crippen LogP contribution in [0.4, 0.5) is 0 Å². The maximum atomic E-state index is 12.5. The summed E-state index contributed by atoms with van der Waals surface area (Å²) in [7, 11) is 0. The molecule has 0 bridgehead atoms. The first-order valence-corrected chi connectivity index (χ1v) is 10.1. The van der Waals surface area contributed by atoms with Crippen LogP contribution in [0.2, 0.25) is 0 Å². The highest BCUT2D eigenvalue weighted by atomic mass is 32.1. The van der Waals surface area contributed by atoms with Gasteiger partial charge in [0.25, 0.3) is 0 Å². The first kappa shape index (κ1) is 19.3. The topological polar surface area (TPSA) is 59.8 Å². The van der Waals surface area contributed by atoms with Gasteiger partial charge in [-0.25, -0.2) is 9.67 Å². The van der Waals surface area contributed by atoms with Crippen molar-refractivity contribution in [2.45, 2.75) is 53.5 Å². The molecule has 1 aromatic carbocycles. The predicted molar refractivity (Wildman–Crippen MR) is 109 cm³/mol. The molecule has 3 rings (SSSR count). The lowest BCUT2D eigenvalue weighted by Gasteiger charge is -2.06. The lowest BCUT2D eigenvalue weighted by atomic mass is 10.1. The molecule has 6 heteroatoms. The zero-order chi connectivity index (χ0) is 19.4. The summed E-state index contributed by atoms with van der Waals surface area (Å²) in [5.41, 5.74) is 4.92. The van der Waals surface area contributed by atoms with Gasteiger partial charge in [-0.15, -0.1) is 11.3 Å². The molecule has 0 aliphatic rings. The molecule has 0 saturated carbocycles.